The number of hydrogen-bond donors (Lipinski definition) is 1. The van der Waals surface area contributed by atoms with Gasteiger partial charge in [-0.05, 0) is 71.1 Å². The van der Waals surface area contributed by atoms with Crippen LogP contribution in [0.15, 0.2) is 5.38 Å². The minimum absolute atomic E-state index is 0.0336. The first kappa shape index (κ1) is 37.1. The van der Waals surface area contributed by atoms with Crippen LogP contribution >= 0.6 is 11.3 Å². The maximum absolute atomic E-state index is 14.2. The van der Waals surface area contributed by atoms with Crippen molar-refractivity contribution in [3.63, 3.8) is 0 Å². The molecule has 1 aromatic rings. The number of nitrogens with one attached hydrogen (secondary N) is 1. The normalized spacial score (nSPS) is 22.1. The Morgan fingerprint density at radius 1 is 1.11 bits per heavy atom. The second-order valence-electron chi connectivity index (χ2n) is 13.7. The van der Waals surface area contributed by atoms with Crippen molar-refractivity contribution < 1.29 is 23.9 Å². The fourth-order valence-corrected chi connectivity index (χ4v) is 7.59. The maximum Gasteiger partial charge on any atom is 0.303 e. The molecule has 0 spiro atoms. The van der Waals surface area contributed by atoms with Crippen LogP contribution in [0.3, 0.4) is 0 Å². The SMILES string of the molecule is CC[C@H](C)[C@H](CC(=O)[C@@]1(C)CCCN1C)C(=O)N(C)[C@H](C[C@@H](OC(C)=O)c1nc(C(=O)NCCN2CCCCC2)cs1)C(C)C. The first-order valence-electron chi connectivity index (χ1n) is 16.9. The largest absolute Gasteiger partial charge is 0.455 e. The molecule has 10 nitrogen and oxygen atoms in total. The molecule has 0 saturated carbocycles. The number of amides is 2. The molecular weight excluding hydrogens is 590 g/mol. The number of likely N-dealkylation sites (N-methyl/N-ethyl adjacent to an activating group) is 1. The molecule has 3 rings (SSSR count). The monoisotopic (exact) mass is 647 g/mol. The predicted octanol–water partition coefficient (Wildman–Crippen LogP) is 4.94. The zero-order valence-electron chi connectivity index (χ0n) is 28.9. The van der Waals surface area contributed by atoms with E-state index < -0.39 is 23.5 Å². The van der Waals surface area contributed by atoms with Crippen molar-refractivity contribution >= 4 is 34.9 Å². The summed E-state index contributed by atoms with van der Waals surface area (Å²) < 4.78 is 5.76. The van der Waals surface area contributed by atoms with Gasteiger partial charge in [-0.2, -0.15) is 0 Å². The lowest BCUT2D eigenvalue weighted by Crippen LogP contribution is -2.50. The molecule has 2 saturated heterocycles. The Labute approximate surface area is 274 Å². The van der Waals surface area contributed by atoms with Crippen molar-refractivity contribution in [3.8, 4) is 0 Å². The molecule has 2 aliphatic heterocycles. The minimum Gasteiger partial charge on any atom is -0.455 e. The maximum atomic E-state index is 14.2. The van der Waals surface area contributed by atoms with E-state index in [0.29, 0.717) is 23.7 Å². The summed E-state index contributed by atoms with van der Waals surface area (Å²) >= 11 is 1.29. The lowest BCUT2D eigenvalue weighted by atomic mass is 9.80. The van der Waals surface area contributed by atoms with Gasteiger partial charge in [-0.25, -0.2) is 4.98 Å². The van der Waals surface area contributed by atoms with E-state index in [1.807, 2.05) is 34.7 Å². The summed E-state index contributed by atoms with van der Waals surface area (Å²) in [6.07, 6.45) is 6.08. The van der Waals surface area contributed by atoms with Gasteiger partial charge in [-0.3, -0.25) is 24.1 Å². The van der Waals surface area contributed by atoms with Crippen molar-refractivity contribution in [2.45, 2.75) is 111 Å². The molecule has 11 heteroatoms. The average molecular weight is 648 g/mol. The highest BCUT2D eigenvalue weighted by molar-refractivity contribution is 7.09. The van der Waals surface area contributed by atoms with Gasteiger partial charge in [0.05, 0.1) is 5.54 Å². The molecular formula is C34H57N5O5S. The first-order chi connectivity index (χ1) is 21.3. The number of thiazole rings is 1. The third-order valence-corrected chi connectivity index (χ3v) is 11.2. The Balaban J connectivity index is 1.73. The smallest absolute Gasteiger partial charge is 0.303 e. The fraction of sp³-hybridized carbons (Fsp3) is 0.794. The summed E-state index contributed by atoms with van der Waals surface area (Å²) in [5, 5.41) is 5.21. The molecule has 5 atom stereocenters. The molecule has 3 heterocycles. The van der Waals surface area contributed by atoms with Crippen LogP contribution in [0.2, 0.25) is 0 Å². The van der Waals surface area contributed by atoms with Crippen LogP contribution in [-0.4, -0.2) is 102 Å². The number of aromatic nitrogens is 1. The molecule has 2 fully saturated rings. The molecule has 254 valence electrons. The van der Waals surface area contributed by atoms with E-state index in [-0.39, 0.29) is 41.9 Å². The van der Waals surface area contributed by atoms with Crippen LogP contribution in [0.25, 0.3) is 0 Å². The van der Waals surface area contributed by atoms with Crippen molar-refractivity contribution in [3.05, 3.63) is 16.1 Å². The van der Waals surface area contributed by atoms with Crippen LogP contribution in [0.4, 0.5) is 0 Å². The zero-order chi connectivity index (χ0) is 33.3. The molecule has 0 aliphatic carbocycles. The Morgan fingerprint density at radius 2 is 1.80 bits per heavy atom. The lowest BCUT2D eigenvalue weighted by Gasteiger charge is -2.38. The summed E-state index contributed by atoms with van der Waals surface area (Å²) in [7, 11) is 3.79. The molecule has 0 unspecified atom stereocenters. The van der Waals surface area contributed by atoms with E-state index in [4.69, 9.17) is 4.74 Å². The first-order valence-corrected chi connectivity index (χ1v) is 17.8. The van der Waals surface area contributed by atoms with E-state index in [2.05, 4.69) is 27.0 Å². The van der Waals surface area contributed by atoms with Gasteiger partial charge in [0.25, 0.3) is 5.91 Å². The number of esters is 1. The number of nitrogens with zero attached hydrogens (tertiary/aromatic N) is 4. The van der Waals surface area contributed by atoms with Gasteiger partial charge >= 0.3 is 5.97 Å². The number of carbonyl (C=O) groups is 4. The van der Waals surface area contributed by atoms with Gasteiger partial charge in [-0.15, -0.1) is 11.3 Å². The van der Waals surface area contributed by atoms with Crippen LogP contribution in [0.1, 0.15) is 115 Å². The number of ketones is 1. The van der Waals surface area contributed by atoms with E-state index in [9.17, 15) is 19.2 Å². The van der Waals surface area contributed by atoms with Crippen LogP contribution in [0.5, 0.6) is 0 Å². The van der Waals surface area contributed by atoms with Gasteiger partial charge < -0.3 is 19.9 Å². The van der Waals surface area contributed by atoms with Gasteiger partial charge in [0.1, 0.15) is 10.7 Å². The second kappa shape index (κ2) is 17.0. The standard InChI is InChI=1S/C34H57N5O5S/c1-9-24(4)26(20-30(41)34(6)14-13-16-37(34)7)33(43)38(8)28(23(2)3)21-29(44-25(5)40)32-36-27(22-45-32)31(42)35-15-19-39-17-11-10-12-18-39/h22-24,26,28-29H,9-21H2,1-8H3,(H,35,42)/t24-,26-,28+,29+,34+/m0/s1. The van der Waals surface area contributed by atoms with E-state index in [1.54, 1.807) is 17.3 Å². The van der Waals surface area contributed by atoms with Gasteiger partial charge in [0.15, 0.2) is 11.9 Å². The minimum atomic E-state index is -0.709. The second-order valence-corrected chi connectivity index (χ2v) is 14.6. The molecule has 0 bridgehead atoms. The zero-order valence-corrected chi connectivity index (χ0v) is 29.7. The van der Waals surface area contributed by atoms with Crippen LogP contribution in [-0.2, 0) is 19.1 Å². The van der Waals surface area contributed by atoms with Crippen molar-refractivity contribution in [2.75, 3.05) is 46.8 Å². The van der Waals surface area contributed by atoms with Crippen molar-refractivity contribution in [2.24, 2.45) is 17.8 Å². The number of carbonyl (C=O) groups excluding carboxylic acids is 4. The Bertz CT molecular complexity index is 1150. The molecule has 0 radical (unpaired) electrons. The van der Waals surface area contributed by atoms with Gasteiger partial charge in [0.2, 0.25) is 5.91 Å². The highest BCUT2D eigenvalue weighted by Crippen LogP contribution is 2.35. The lowest BCUT2D eigenvalue weighted by molar-refractivity contribution is -0.149. The summed E-state index contributed by atoms with van der Waals surface area (Å²) in [6.45, 7) is 15.9. The number of hydrogen-bond acceptors (Lipinski definition) is 9. The average Bonchev–Trinajstić information content (AvgIpc) is 3.64. The highest BCUT2D eigenvalue weighted by atomic mass is 32.1. The third-order valence-electron chi connectivity index (χ3n) is 10.2. The predicted molar refractivity (Wildman–Crippen MR) is 178 cm³/mol. The Hall–Kier alpha value is -2.37. The molecule has 1 aromatic heterocycles. The van der Waals surface area contributed by atoms with E-state index >= 15 is 0 Å². The number of piperidine rings is 1. The van der Waals surface area contributed by atoms with Crippen molar-refractivity contribution in [1.82, 2.24) is 25.0 Å². The molecule has 45 heavy (non-hydrogen) atoms. The van der Waals surface area contributed by atoms with E-state index in [0.717, 1.165) is 45.4 Å². The summed E-state index contributed by atoms with van der Waals surface area (Å²) in [5.41, 5.74) is -0.234. The Morgan fingerprint density at radius 3 is 2.38 bits per heavy atom. The number of ether oxygens (including phenoxy) is 1. The fourth-order valence-electron chi connectivity index (χ4n) is 6.75. The van der Waals surface area contributed by atoms with Crippen LogP contribution < -0.4 is 5.32 Å². The Kier molecular flexibility index (Phi) is 14.0. The molecule has 2 amide bonds. The summed E-state index contributed by atoms with van der Waals surface area (Å²) in [4.78, 5) is 63.7. The third kappa shape index (κ3) is 9.81. The number of rotatable bonds is 16. The topological polar surface area (TPSA) is 112 Å². The van der Waals surface area contributed by atoms with Crippen LogP contribution in [0, 0.1) is 17.8 Å². The van der Waals surface area contributed by atoms with E-state index in [1.165, 1.54) is 37.5 Å². The van der Waals surface area contributed by atoms with Crippen molar-refractivity contribution in [1.29, 1.82) is 0 Å². The van der Waals surface area contributed by atoms with Gasteiger partial charge in [0, 0.05) is 57.2 Å². The number of likely N-dealkylation sites (tertiary alicyclic amines) is 2. The molecule has 2 aliphatic rings. The summed E-state index contributed by atoms with van der Waals surface area (Å²) in [6, 6.07) is -0.279. The highest BCUT2D eigenvalue weighted by Gasteiger charge is 2.43. The van der Waals surface area contributed by atoms with Gasteiger partial charge in [-0.1, -0.05) is 40.5 Å². The number of Topliss-reactive ketones (excluding diaryl/α,β-unsaturated/α-hetero) is 1. The molecule has 1 N–H and O–H groups in total. The summed E-state index contributed by atoms with van der Waals surface area (Å²) in [5.74, 6) is -0.991. The quantitative estimate of drug-likeness (QED) is 0.251. The molecule has 0 aromatic carbocycles.